The van der Waals surface area contributed by atoms with Crippen LogP contribution in [-0.2, 0) is 12.7 Å². The number of alkyl halides is 3. The van der Waals surface area contributed by atoms with Gasteiger partial charge in [0.25, 0.3) is 5.91 Å². The fourth-order valence-corrected chi connectivity index (χ4v) is 5.47. The van der Waals surface area contributed by atoms with Crippen LogP contribution in [0.1, 0.15) is 34.3 Å². The van der Waals surface area contributed by atoms with E-state index >= 15 is 0 Å². The molecule has 3 atom stereocenters. The zero-order valence-electron chi connectivity index (χ0n) is 20.1. The molecule has 1 aromatic carbocycles. The molecule has 0 bridgehead atoms. The fourth-order valence-electron chi connectivity index (χ4n) is 5.47. The maximum absolute atomic E-state index is 13.9. The summed E-state index contributed by atoms with van der Waals surface area (Å²) < 4.78 is 42.9. The van der Waals surface area contributed by atoms with E-state index in [0.29, 0.717) is 24.3 Å². The van der Waals surface area contributed by atoms with E-state index in [0.717, 1.165) is 23.6 Å². The van der Waals surface area contributed by atoms with Gasteiger partial charge in [0, 0.05) is 49.8 Å². The third kappa shape index (κ3) is 5.06. The van der Waals surface area contributed by atoms with Gasteiger partial charge in [-0.25, -0.2) is 4.79 Å². The Morgan fingerprint density at radius 3 is 2.46 bits per heavy atom. The lowest BCUT2D eigenvalue weighted by Crippen LogP contribution is -2.36. The number of nitrogens with two attached hydrogens (primary N) is 1. The van der Waals surface area contributed by atoms with E-state index in [-0.39, 0.29) is 41.6 Å². The summed E-state index contributed by atoms with van der Waals surface area (Å²) in [5.41, 5.74) is 5.68. The van der Waals surface area contributed by atoms with Crippen molar-refractivity contribution >= 4 is 11.9 Å². The zero-order chi connectivity index (χ0) is 26.3. The number of carbonyl (C=O) groups excluding carboxylic acids is 2. The molecule has 0 unspecified atom stereocenters. The van der Waals surface area contributed by atoms with E-state index in [4.69, 9.17) is 5.73 Å². The molecule has 9 nitrogen and oxygen atoms in total. The minimum atomic E-state index is -4.50. The van der Waals surface area contributed by atoms with Gasteiger partial charge in [0.05, 0.1) is 29.2 Å². The van der Waals surface area contributed by atoms with Gasteiger partial charge in [-0.05, 0) is 43.4 Å². The normalized spacial score (nSPS) is 21.4. The van der Waals surface area contributed by atoms with E-state index in [9.17, 15) is 22.8 Å². The number of benzene rings is 1. The molecule has 2 aromatic heterocycles. The summed E-state index contributed by atoms with van der Waals surface area (Å²) in [7, 11) is 1.85. The van der Waals surface area contributed by atoms with Gasteiger partial charge >= 0.3 is 12.2 Å². The standard InChI is InChI=1S/C25H26F3N7O2/c1-33(11-16-3-2-15(8-21(16)25(26,27)28)22-10-30-4-5-31-22)20-6-17-12-34(13-18(17)7-20)24(37)35-14-19(9-32-35)23(29)36/h2-5,8-10,14,17-18,20H,6-7,11-13H2,1H3,(H2,29,36)/t17-,18+,20-. The molecule has 3 aromatic rings. The average molecular weight is 514 g/mol. The van der Waals surface area contributed by atoms with Crippen molar-refractivity contribution in [3.05, 3.63) is 65.9 Å². The SMILES string of the molecule is CN(Cc1ccc(-c2cnccn2)cc1C(F)(F)F)[C@@H]1C[C@@H]2CN(C(=O)n3cc(C(N)=O)cn3)C[C@@H]2C1. The maximum atomic E-state index is 13.9. The first-order valence-corrected chi connectivity index (χ1v) is 11.9. The molecule has 1 saturated carbocycles. The fraction of sp³-hybridized carbons (Fsp3) is 0.400. The largest absolute Gasteiger partial charge is 0.416 e. The number of carbonyl (C=O) groups is 2. The van der Waals surface area contributed by atoms with Crippen LogP contribution in [0, 0.1) is 11.8 Å². The van der Waals surface area contributed by atoms with Crippen molar-refractivity contribution in [2.75, 3.05) is 20.1 Å². The first-order valence-electron chi connectivity index (χ1n) is 11.9. The molecule has 2 fully saturated rings. The highest BCUT2D eigenvalue weighted by molar-refractivity contribution is 5.93. The topological polar surface area (TPSA) is 110 Å². The van der Waals surface area contributed by atoms with Crippen LogP contribution in [0.4, 0.5) is 18.0 Å². The number of halogens is 3. The van der Waals surface area contributed by atoms with Crippen LogP contribution < -0.4 is 5.73 Å². The molecule has 2 aliphatic rings. The molecule has 2 N–H and O–H groups in total. The third-order valence-corrected chi connectivity index (χ3v) is 7.38. The number of hydrogen-bond donors (Lipinski definition) is 1. The molecule has 12 heteroatoms. The Bertz CT molecular complexity index is 1300. The molecule has 2 amide bonds. The summed E-state index contributed by atoms with van der Waals surface area (Å²) in [5, 5.41) is 3.94. The predicted molar refractivity (Wildman–Crippen MR) is 127 cm³/mol. The number of likely N-dealkylation sites (tertiary alicyclic amines) is 1. The summed E-state index contributed by atoms with van der Waals surface area (Å²) in [6.07, 6.45) is 4.02. The zero-order valence-corrected chi connectivity index (χ0v) is 20.1. The van der Waals surface area contributed by atoms with Crippen molar-refractivity contribution in [1.29, 1.82) is 0 Å². The smallest absolute Gasteiger partial charge is 0.366 e. The summed E-state index contributed by atoms with van der Waals surface area (Å²) in [4.78, 5) is 35.8. The van der Waals surface area contributed by atoms with Crippen LogP contribution in [0.25, 0.3) is 11.3 Å². The Kier molecular flexibility index (Phi) is 6.44. The Hall–Kier alpha value is -3.80. The lowest BCUT2D eigenvalue weighted by molar-refractivity contribution is -0.138. The van der Waals surface area contributed by atoms with Crippen LogP contribution in [0.3, 0.4) is 0 Å². The lowest BCUT2D eigenvalue weighted by atomic mass is 10.0. The third-order valence-electron chi connectivity index (χ3n) is 7.38. The van der Waals surface area contributed by atoms with Gasteiger partial charge in [-0.15, -0.1) is 0 Å². The Labute approximate surface area is 211 Å². The predicted octanol–water partition coefficient (Wildman–Crippen LogP) is 3.27. The van der Waals surface area contributed by atoms with Gasteiger partial charge in [0.15, 0.2) is 0 Å². The number of amides is 2. The monoisotopic (exact) mass is 513 g/mol. The van der Waals surface area contributed by atoms with Gasteiger partial charge < -0.3 is 10.6 Å². The number of nitrogens with zero attached hydrogens (tertiary/aromatic N) is 6. The lowest BCUT2D eigenvalue weighted by Gasteiger charge is -2.27. The van der Waals surface area contributed by atoms with E-state index in [1.54, 1.807) is 11.0 Å². The van der Waals surface area contributed by atoms with Crippen molar-refractivity contribution in [3.8, 4) is 11.3 Å². The van der Waals surface area contributed by atoms with Gasteiger partial charge in [0.2, 0.25) is 0 Å². The maximum Gasteiger partial charge on any atom is 0.416 e. The van der Waals surface area contributed by atoms with Crippen LogP contribution >= 0.6 is 0 Å². The van der Waals surface area contributed by atoms with E-state index < -0.39 is 17.6 Å². The molecule has 3 heterocycles. The van der Waals surface area contributed by atoms with Gasteiger partial charge in [0.1, 0.15) is 0 Å². The first-order chi connectivity index (χ1) is 17.6. The minimum absolute atomic E-state index is 0.110. The Morgan fingerprint density at radius 2 is 1.86 bits per heavy atom. The van der Waals surface area contributed by atoms with E-state index in [2.05, 4.69) is 15.1 Å². The molecule has 1 aliphatic carbocycles. The quantitative estimate of drug-likeness (QED) is 0.561. The molecule has 5 rings (SSSR count). The molecule has 194 valence electrons. The van der Waals surface area contributed by atoms with Crippen molar-refractivity contribution in [1.82, 2.24) is 29.5 Å². The summed E-state index contributed by atoms with van der Waals surface area (Å²) >= 11 is 0. The minimum Gasteiger partial charge on any atom is -0.366 e. The summed E-state index contributed by atoms with van der Waals surface area (Å²) in [6, 6.07) is 4.10. The van der Waals surface area contributed by atoms with E-state index in [1.165, 1.54) is 37.1 Å². The number of aromatic nitrogens is 4. The second kappa shape index (κ2) is 9.58. The molecular weight excluding hydrogens is 487 g/mol. The molecular formula is C25H26F3N7O2. The Balaban J connectivity index is 1.24. The number of fused-ring (bicyclic) bond motifs is 1. The highest BCUT2D eigenvalue weighted by Crippen LogP contribution is 2.41. The highest BCUT2D eigenvalue weighted by Gasteiger charge is 2.44. The molecule has 1 aliphatic heterocycles. The molecule has 37 heavy (non-hydrogen) atoms. The van der Waals surface area contributed by atoms with Crippen molar-refractivity contribution in [2.45, 2.75) is 31.6 Å². The first kappa shape index (κ1) is 24.9. The number of hydrogen-bond acceptors (Lipinski definition) is 6. The Morgan fingerprint density at radius 1 is 1.14 bits per heavy atom. The number of rotatable bonds is 5. The van der Waals surface area contributed by atoms with E-state index in [1.807, 2.05) is 11.9 Å². The highest BCUT2D eigenvalue weighted by atomic mass is 19.4. The molecule has 0 radical (unpaired) electrons. The van der Waals surface area contributed by atoms with Crippen molar-refractivity contribution in [2.24, 2.45) is 17.6 Å². The molecule has 0 spiro atoms. The van der Waals surface area contributed by atoms with Gasteiger partial charge in [-0.1, -0.05) is 12.1 Å². The van der Waals surface area contributed by atoms with Gasteiger partial charge in [-0.2, -0.15) is 23.0 Å². The van der Waals surface area contributed by atoms with Crippen LogP contribution in [-0.4, -0.2) is 67.7 Å². The molecule has 1 saturated heterocycles. The second-order valence-electron chi connectivity index (χ2n) is 9.75. The van der Waals surface area contributed by atoms with Crippen LogP contribution in [0.15, 0.2) is 49.2 Å². The summed E-state index contributed by atoms with van der Waals surface area (Å²) in [6.45, 7) is 1.24. The van der Waals surface area contributed by atoms with Crippen molar-refractivity contribution in [3.63, 3.8) is 0 Å². The average Bonchev–Trinajstić information content (AvgIpc) is 3.59. The van der Waals surface area contributed by atoms with Crippen LogP contribution in [0.5, 0.6) is 0 Å². The number of primary amides is 1. The second-order valence-corrected chi connectivity index (χ2v) is 9.75. The van der Waals surface area contributed by atoms with Crippen LogP contribution in [0.2, 0.25) is 0 Å². The van der Waals surface area contributed by atoms with Crippen molar-refractivity contribution < 1.29 is 22.8 Å². The summed E-state index contributed by atoms with van der Waals surface area (Å²) in [5.74, 6) is -0.146. The van der Waals surface area contributed by atoms with Gasteiger partial charge in [-0.3, -0.25) is 19.7 Å².